The quantitative estimate of drug-likeness (QED) is 0.500. The van der Waals surface area contributed by atoms with Crippen LogP contribution in [0.15, 0.2) is 35.3 Å². The minimum atomic E-state index is -1.05. The summed E-state index contributed by atoms with van der Waals surface area (Å²) >= 11 is 5.92. The molecule has 0 saturated carbocycles. The molecule has 8 nitrogen and oxygen atoms in total. The fraction of sp³-hybridized carbons (Fsp3) is 0.300. The summed E-state index contributed by atoms with van der Waals surface area (Å²) in [5, 5.41) is 0.434. The Morgan fingerprint density at radius 2 is 1.38 bits per heavy atom. The molecule has 0 aliphatic carbocycles. The number of carbonyl (C=O) groups excluding carboxylic acids is 3. The minimum Gasteiger partial charge on any atom is -0.462 e. The van der Waals surface area contributed by atoms with Crippen LogP contribution in [0.1, 0.15) is 52.0 Å². The summed E-state index contributed by atoms with van der Waals surface area (Å²) in [6, 6.07) is 6.22. The van der Waals surface area contributed by atoms with Crippen LogP contribution in [0, 0.1) is 0 Å². The van der Waals surface area contributed by atoms with Gasteiger partial charge in [0.15, 0.2) is 5.69 Å². The van der Waals surface area contributed by atoms with Gasteiger partial charge in [0.05, 0.1) is 19.8 Å². The lowest BCUT2D eigenvalue weighted by molar-refractivity contribution is 0.0465. The van der Waals surface area contributed by atoms with Crippen molar-refractivity contribution in [1.29, 1.82) is 0 Å². The Morgan fingerprint density at radius 3 is 1.93 bits per heavy atom. The van der Waals surface area contributed by atoms with Gasteiger partial charge in [-0.05, 0) is 45.0 Å². The number of aromatic nitrogens is 1. The molecule has 2 rings (SSSR count). The second-order valence-electron chi connectivity index (χ2n) is 5.60. The van der Waals surface area contributed by atoms with Crippen LogP contribution in [0.25, 0.3) is 5.69 Å². The highest BCUT2D eigenvalue weighted by Gasteiger charge is 2.31. The molecule has 29 heavy (non-hydrogen) atoms. The predicted octanol–water partition coefficient (Wildman–Crippen LogP) is 3.02. The van der Waals surface area contributed by atoms with E-state index >= 15 is 0 Å². The van der Waals surface area contributed by atoms with Gasteiger partial charge in [-0.15, -0.1) is 0 Å². The van der Waals surface area contributed by atoms with Gasteiger partial charge >= 0.3 is 17.9 Å². The summed E-state index contributed by atoms with van der Waals surface area (Å²) in [5.41, 5.74) is -1.99. The van der Waals surface area contributed by atoms with E-state index in [4.69, 9.17) is 25.8 Å². The van der Waals surface area contributed by atoms with Crippen molar-refractivity contribution in [3.8, 4) is 5.69 Å². The molecule has 2 aromatic rings. The van der Waals surface area contributed by atoms with Gasteiger partial charge in [-0.3, -0.25) is 4.79 Å². The molecular weight excluding hydrogens is 402 g/mol. The molecule has 0 spiro atoms. The third-order valence-corrected chi connectivity index (χ3v) is 4.01. The van der Waals surface area contributed by atoms with Crippen LogP contribution in [-0.2, 0) is 14.2 Å². The van der Waals surface area contributed by atoms with Crippen molar-refractivity contribution in [2.45, 2.75) is 20.8 Å². The van der Waals surface area contributed by atoms with Gasteiger partial charge in [0, 0.05) is 16.9 Å². The Balaban J connectivity index is 2.91. The van der Waals surface area contributed by atoms with Gasteiger partial charge in [-0.2, -0.15) is 0 Å². The third kappa shape index (κ3) is 4.83. The maximum atomic E-state index is 12.9. The summed E-state index contributed by atoms with van der Waals surface area (Å²) in [6.07, 6.45) is 1.14. The van der Waals surface area contributed by atoms with Gasteiger partial charge in [0.2, 0.25) is 5.43 Å². The zero-order chi connectivity index (χ0) is 21.6. The minimum absolute atomic E-state index is 0.00946. The predicted molar refractivity (Wildman–Crippen MR) is 105 cm³/mol. The van der Waals surface area contributed by atoms with Gasteiger partial charge in [-0.1, -0.05) is 11.6 Å². The van der Waals surface area contributed by atoms with Crippen LogP contribution in [0.4, 0.5) is 0 Å². The standard InChI is InChI=1S/C20H20ClNO7/c1-4-27-18(24)14-11-22(13-9-7-12(21)8-10-13)16(20(26)29-6-3)15(17(14)23)19(25)28-5-2/h7-11H,4-6H2,1-3H3. The average molecular weight is 422 g/mol. The number of rotatable bonds is 7. The lowest BCUT2D eigenvalue weighted by Crippen LogP contribution is -2.32. The van der Waals surface area contributed by atoms with Crippen LogP contribution in [-0.4, -0.2) is 42.3 Å². The van der Waals surface area contributed by atoms with Crippen molar-refractivity contribution in [1.82, 2.24) is 4.57 Å². The van der Waals surface area contributed by atoms with E-state index in [2.05, 4.69) is 0 Å². The van der Waals surface area contributed by atoms with Crippen molar-refractivity contribution >= 4 is 29.5 Å². The first kappa shape index (κ1) is 22.2. The molecule has 0 bridgehead atoms. The molecule has 0 atom stereocenters. The fourth-order valence-corrected chi connectivity index (χ4v) is 2.69. The van der Waals surface area contributed by atoms with E-state index < -0.39 is 34.5 Å². The van der Waals surface area contributed by atoms with Gasteiger partial charge in [0.1, 0.15) is 11.1 Å². The van der Waals surface area contributed by atoms with Crippen molar-refractivity contribution in [2.24, 2.45) is 0 Å². The number of ether oxygens (including phenoxy) is 3. The third-order valence-electron chi connectivity index (χ3n) is 3.76. The normalized spacial score (nSPS) is 10.3. The summed E-state index contributed by atoms with van der Waals surface area (Å²) in [5.74, 6) is -2.89. The van der Waals surface area contributed by atoms with E-state index in [1.54, 1.807) is 45.0 Å². The molecule has 0 amide bonds. The highest BCUT2D eigenvalue weighted by atomic mass is 35.5. The van der Waals surface area contributed by atoms with Crippen LogP contribution >= 0.6 is 11.6 Å². The van der Waals surface area contributed by atoms with E-state index in [1.807, 2.05) is 0 Å². The molecule has 0 unspecified atom stereocenters. The molecule has 0 fully saturated rings. The monoisotopic (exact) mass is 421 g/mol. The number of pyridine rings is 1. The Kier molecular flexibility index (Phi) is 7.55. The number of benzene rings is 1. The number of esters is 3. The lowest BCUT2D eigenvalue weighted by Gasteiger charge is -2.17. The first-order valence-corrected chi connectivity index (χ1v) is 9.30. The highest BCUT2D eigenvalue weighted by molar-refractivity contribution is 6.30. The molecule has 0 aliphatic rings. The second kappa shape index (κ2) is 9.88. The van der Waals surface area contributed by atoms with E-state index in [9.17, 15) is 19.2 Å². The van der Waals surface area contributed by atoms with Gasteiger partial charge in [0.25, 0.3) is 0 Å². The molecule has 0 N–H and O–H groups in total. The van der Waals surface area contributed by atoms with Crippen molar-refractivity contribution in [3.63, 3.8) is 0 Å². The summed E-state index contributed by atoms with van der Waals surface area (Å²) in [4.78, 5) is 50.5. The van der Waals surface area contributed by atoms with E-state index in [1.165, 1.54) is 4.57 Å². The molecule has 0 saturated heterocycles. The Morgan fingerprint density at radius 1 is 0.862 bits per heavy atom. The SMILES string of the molecule is CCOC(=O)c1cn(-c2ccc(Cl)cc2)c(C(=O)OCC)c(C(=O)OCC)c1=O. The molecule has 1 aromatic heterocycles. The molecule has 1 heterocycles. The van der Waals surface area contributed by atoms with Crippen molar-refractivity contribution in [2.75, 3.05) is 19.8 Å². The molecule has 1 aromatic carbocycles. The average Bonchev–Trinajstić information content (AvgIpc) is 2.68. The molecule has 9 heteroatoms. The van der Waals surface area contributed by atoms with Crippen molar-refractivity contribution < 1.29 is 28.6 Å². The Bertz CT molecular complexity index is 980. The largest absolute Gasteiger partial charge is 0.462 e. The summed E-state index contributed by atoms with van der Waals surface area (Å²) < 4.78 is 16.1. The Hall–Kier alpha value is -3.13. The summed E-state index contributed by atoms with van der Waals surface area (Å²) in [7, 11) is 0. The van der Waals surface area contributed by atoms with E-state index in [-0.39, 0.29) is 25.5 Å². The number of hydrogen-bond acceptors (Lipinski definition) is 7. The first-order chi connectivity index (χ1) is 13.8. The number of carbonyl (C=O) groups is 3. The maximum Gasteiger partial charge on any atom is 0.356 e. The smallest absolute Gasteiger partial charge is 0.356 e. The van der Waals surface area contributed by atoms with Crippen LogP contribution in [0.5, 0.6) is 0 Å². The number of hydrogen-bond donors (Lipinski definition) is 0. The number of nitrogens with zero attached hydrogens (tertiary/aromatic N) is 1. The molecule has 0 radical (unpaired) electrons. The molecular formula is C20H20ClNO7. The van der Waals surface area contributed by atoms with Crippen LogP contribution in [0.3, 0.4) is 0 Å². The maximum absolute atomic E-state index is 12.9. The lowest BCUT2D eigenvalue weighted by atomic mass is 10.1. The van der Waals surface area contributed by atoms with E-state index in [0.717, 1.165) is 6.20 Å². The fourth-order valence-electron chi connectivity index (χ4n) is 2.57. The topological polar surface area (TPSA) is 101 Å². The van der Waals surface area contributed by atoms with E-state index in [0.29, 0.717) is 10.7 Å². The summed E-state index contributed by atoms with van der Waals surface area (Å²) in [6.45, 7) is 4.71. The Labute approximate surface area is 171 Å². The zero-order valence-corrected chi connectivity index (χ0v) is 16.9. The number of halogens is 1. The molecule has 154 valence electrons. The highest BCUT2D eigenvalue weighted by Crippen LogP contribution is 2.20. The molecule has 0 aliphatic heterocycles. The zero-order valence-electron chi connectivity index (χ0n) is 16.2. The second-order valence-corrected chi connectivity index (χ2v) is 6.04. The van der Waals surface area contributed by atoms with Crippen molar-refractivity contribution in [3.05, 3.63) is 62.5 Å². The van der Waals surface area contributed by atoms with Gasteiger partial charge < -0.3 is 18.8 Å². The van der Waals surface area contributed by atoms with Crippen LogP contribution < -0.4 is 5.43 Å². The first-order valence-electron chi connectivity index (χ1n) is 8.92. The van der Waals surface area contributed by atoms with Crippen LogP contribution in [0.2, 0.25) is 5.02 Å². The van der Waals surface area contributed by atoms with Gasteiger partial charge in [-0.25, -0.2) is 14.4 Å².